The molecule has 0 bridgehead atoms. The van der Waals surface area contributed by atoms with Crippen molar-refractivity contribution in [3.8, 4) is 0 Å². The van der Waals surface area contributed by atoms with Gasteiger partial charge in [0.1, 0.15) is 0 Å². The molecule has 0 aromatic carbocycles. The highest BCUT2D eigenvalue weighted by Crippen LogP contribution is 2.20. The Labute approximate surface area is 108 Å². The van der Waals surface area contributed by atoms with Crippen molar-refractivity contribution < 1.29 is 24.1 Å². The molecule has 0 aromatic rings. The van der Waals surface area contributed by atoms with Crippen LogP contribution >= 0.6 is 0 Å². The van der Waals surface area contributed by atoms with Gasteiger partial charge < -0.3 is 19.3 Å². The minimum Gasteiger partial charge on any atom is -0.479 e. The largest absolute Gasteiger partial charge is 0.479 e. The van der Waals surface area contributed by atoms with Gasteiger partial charge in [0, 0.05) is 33.9 Å². The molecule has 2 atom stereocenters. The van der Waals surface area contributed by atoms with Crippen molar-refractivity contribution >= 4 is 5.97 Å². The number of carbonyl (C=O) groups is 1. The van der Waals surface area contributed by atoms with Gasteiger partial charge >= 0.3 is 5.97 Å². The first-order valence-corrected chi connectivity index (χ1v) is 6.26. The average molecular weight is 261 g/mol. The lowest BCUT2D eigenvalue weighted by atomic mass is 10.2. The lowest BCUT2D eigenvalue weighted by Gasteiger charge is -2.24. The van der Waals surface area contributed by atoms with Crippen LogP contribution < -0.4 is 0 Å². The summed E-state index contributed by atoms with van der Waals surface area (Å²) in [5, 5.41) is 8.87. The Morgan fingerprint density at radius 1 is 1.28 bits per heavy atom. The quantitative estimate of drug-likeness (QED) is 0.640. The number of nitrogens with zero attached hydrogens (tertiary/aromatic N) is 1. The molecule has 6 nitrogen and oxygen atoms in total. The van der Waals surface area contributed by atoms with Gasteiger partial charge in [-0.15, -0.1) is 0 Å². The number of carboxylic acid groups (broad SMARTS) is 1. The SMILES string of the molecule is COCCN(CCOC)CC1CCC(C(=O)O)O1. The molecule has 0 saturated carbocycles. The third-order valence-corrected chi connectivity index (χ3v) is 3.07. The van der Waals surface area contributed by atoms with Gasteiger partial charge in [-0.1, -0.05) is 0 Å². The Kier molecular flexibility index (Phi) is 7.19. The normalized spacial score (nSPS) is 23.7. The van der Waals surface area contributed by atoms with Crippen LogP contribution in [0.2, 0.25) is 0 Å². The maximum absolute atomic E-state index is 10.8. The van der Waals surface area contributed by atoms with E-state index in [-0.39, 0.29) is 6.10 Å². The Bertz CT molecular complexity index is 241. The van der Waals surface area contributed by atoms with E-state index in [0.29, 0.717) is 19.6 Å². The van der Waals surface area contributed by atoms with E-state index in [1.54, 1.807) is 14.2 Å². The van der Waals surface area contributed by atoms with Crippen LogP contribution in [0.1, 0.15) is 12.8 Å². The highest BCUT2D eigenvalue weighted by molar-refractivity contribution is 5.72. The maximum atomic E-state index is 10.8. The summed E-state index contributed by atoms with van der Waals surface area (Å²) in [6.07, 6.45) is 0.761. The van der Waals surface area contributed by atoms with E-state index in [2.05, 4.69) is 4.90 Å². The molecule has 1 fully saturated rings. The summed E-state index contributed by atoms with van der Waals surface area (Å²) in [5.74, 6) is -0.863. The van der Waals surface area contributed by atoms with Crippen molar-refractivity contribution in [3.63, 3.8) is 0 Å². The Morgan fingerprint density at radius 3 is 2.33 bits per heavy atom. The van der Waals surface area contributed by atoms with Gasteiger partial charge in [0.2, 0.25) is 0 Å². The summed E-state index contributed by atoms with van der Waals surface area (Å²) >= 11 is 0. The van der Waals surface area contributed by atoms with E-state index < -0.39 is 12.1 Å². The zero-order chi connectivity index (χ0) is 13.4. The molecular formula is C12H23NO5. The summed E-state index contributed by atoms with van der Waals surface area (Å²) in [6, 6.07) is 0. The number of carboxylic acids is 1. The second-order valence-electron chi connectivity index (χ2n) is 4.45. The van der Waals surface area contributed by atoms with Crippen molar-refractivity contribution in [1.29, 1.82) is 0 Å². The first-order chi connectivity index (χ1) is 8.67. The van der Waals surface area contributed by atoms with E-state index in [4.69, 9.17) is 19.3 Å². The Hall–Kier alpha value is -0.690. The molecule has 0 spiro atoms. The van der Waals surface area contributed by atoms with Crippen LogP contribution in [0.4, 0.5) is 0 Å². The number of hydrogen-bond acceptors (Lipinski definition) is 5. The molecule has 2 unspecified atom stereocenters. The molecule has 1 aliphatic rings. The molecule has 1 rings (SSSR count). The Balaban J connectivity index is 2.33. The average Bonchev–Trinajstić information content (AvgIpc) is 2.81. The smallest absolute Gasteiger partial charge is 0.332 e. The zero-order valence-electron chi connectivity index (χ0n) is 11.1. The molecule has 1 aliphatic heterocycles. The van der Waals surface area contributed by atoms with Gasteiger partial charge in [-0.3, -0.25) is 4.90 Å². The molecule has 1 N–H and O–H groups in total. The molecular weight excluding hydrogens is 238 g/mol. The molecule has 1 heterocycles. The highest BCUT2D eigenvalue weighted by atomic mass is 16.5. The topological polar surface area (TPSA) is 68.2 Å². The Morgan fingerprint density at radius 2 is 1.89 bits per heavy atom. The van der Waals surface area contributed by atoms with E-state index in [9.17, 15) is 4.79 Å². The maximum Gasteiger partial charge on any atom is 0.332 e. The third-order valence-electron chi connectivity index (χ3n) is 3.07. The number of ether oxygens (including phenoxy) is 3. The summed E-state index contributed by atoms with van der Waals surface area (Å²) < 4.78 is 15.6. The third kappa shape index (κ3) is 5.30. The van der Waals surface area contributed by atoms with Gasteiger partial charge in [0.15, 0.2) is 6.10 Å². The van der Waals surface area contributed by atoms with Crippen LogP contribution in [-0.4, -0.2) is 75.3 Å². The van der Waals surface area contributed by atoms with Crippen molar-refractivity contribution in [3.05, 3.63) is 0 Å². The predicted octanol–water partition coefficient (Wildman–Crippen LogP) is 0.213. The first kappa shape index (κ1) is 15.4. The summed E-state index contributed by atoms with van der Waals surface area (Å²) in [5.41, 5.74) is 0. The number of hydrogen-bond donors (Lipinski definition) is 1. The second kappa shape index (κ2) is 8.42. The second-order valence-corrected chi connectivity index (χ2v) is 4.45. The molecule has 18 heavy (non-hydrogen) atoms. The van der Waals surface area contributed by atoms with E-state index in [1.807, 2.05) is 0 Å². The summed E-state index contributed by atoms with van der Waals surface area (Å²) in [6.45, 7) is 3.64. The summed E-state index contributed by atoms with van der Waals surface area (Å²) in [7, 11) is 3.34. The summed E-state index contributed by atoms with van der Waals surface area (Å²) in [4.78, 5) is 13.0. The van der Waals surface area contributed by atoms with Gasteiger partial charge in [0.25, 0.3) is 0 Å². The number of rotatable bonds is 9. The fourth-order valence-corrected chi connectivity index (χ4v) is 2.04. The van der Waals surface area contributed by atoms with E-state index >= 15 is 0 Å². The van der Waals surface area contributed by atoms with Gasteiger partial charge in [-0.2, -0.15) is 0 Å². The molecule has 0 radical (unpaired) electrons. The molecule has 106 valence electrons. The monoisotopic (exact) mass is 261 g/mol. The standard InChI is InChI=1S/C12H23NO5/c1-16-7-5-13(6-8-17-2)9-10-3-4-11(18-10)12(14)15/h10-11H,3-9H2,1-2H3,(H,14,15). The van der Waals surface area contributed by atoms with Gasteiger partial charge in [-0.05, 0) is 12.8 Å². The zero-order valence-corrected chi connectivity index (χ0v) is 11.1. The van der Waals surface area contributed by atoms with Crippen LogP contribution in [0.5, 0.6) is 0 Å². The fraction of sp³-hybridized carbons (Fsp3) is 0.917. The van der Waals surface area contributed by atoms with Gasteiger partial charge in [-0.25, -0.2) is 4.79 Å². The van der Waals surface area contributed by atoms with Crippen molar-refractivity contribution in [2.45, 2.75) is 25.0 Å². The lowest BCUT2D eigenvalue weighted by molar-refractivity contribution is -0.149. The van der Waals surface area contributed by atoms with Gasteiger partial charge in [0.05, 0.1) is 19.3 Å². The van der Waals surface area contributed by atoms with Crippen molar-refractivity contribution in [2.75, 3.05) is 47.1 Å². The van der Waals surface area contributed by atoms with Crippen molar-refractivity contribution in [2.24, 2.45) is 0 Å². The number of aliphatic carboxylic acids is 1. The molecule has 0 aliphatic carbocycles. The van der Waals surface area contributed by atoms with Crippen LogP contribution in [0.3, 0.4) is 0 Å². The molecule has 6 heteroatoms. The fourth-order valence-electron chi connectivity index (χ4n) is 2.04. The minimum atomic E-state index is -0.863. The number of methoxy groups -OCH3 is 2. The van der Waals surface area contributed by atoms with Crippen LogP contribution in [-0.2, 0) is 19.0 Å². The first-order valence-electron chi connectivity index (χ1n) is 6.26. The minimum absolute atomic E-state index is 0.000174. The molecule has 0 aromatic heterocycles. The van der Waals surface area contributed by atoms with E-state index in [1.165, 1.54) is 0 Å². The van der Waals surface area contributed by atoms with Crippen LogP contribution in [0, 0.1) is 0 Å². The van der Waals surface area contributed by atoms with E-state index in [0.717, 1.165) is 26.1 Å². The van der Waals surface area contributed by atoms with Crippen LogP contribution in [0.25, 0.3) is 0 Å². The highest BCUT2D eigenvalue weighted by Gasteiger charge is 2.31. The molecule has 0 amide bonds. The van der Waals surface area contributed by atoms with Crippen molar-refractivity contribution in [1.82, 2.24) is 4.90 Å². The molecule has 1 saturated heterocycles. The lowest BCUT2D eigenvalue weighted by Crippen LogP contribution is -2.37. The van der Waals surface area contributed by atoms with Crippen LogP contribution in [0.15, 0.2) is 0 Å². The predicted molar refractivity (Wildman–Crippen MR) is 65.7 cm³/mol.